The summed E-state index contributed by atoms with van der Waals surface area (Å²) in [6.45, 7) is 17.3. The second kappa shape index (κ2) is 24.6. The van der Waals surface area contributed by atoms with Crippen LogP contribution in [0.15, 0.2) is 120 Å². The lowest BCUT2D eigenvalue weighted by Crippen LogP contribution is -2.41. The molecule has 0 radical (unpaired) electrons. The fourth-order valence-electron chi connectivity index (χ4n) is 11.7. The van der Waals surface area contributed by atoms with Gasteiger partial charge in [-0.15, -0.1) is 0 Å². The Morgan fingerprint density at radius 3 is 1.88 bits per heavy atom. The third-order valence-electron chi connectivity index (χ3n) is 15.3. The largest absolute Gasteiger partial charge is 0.462 e. The van der Waals surface area contributed by atoms with Crippen LogP contribution in [0.3, 0.4) is 0 Å². The zero-order valence-electron chi connectivity index (χ0n) is 45.5. The average molecular weight is 1030 g/mol. The molecule has 0 saturated carbocycles. The molecule has 11 heteroatoms. The number of carbonyl (C=O) groups is 5. The lowest BCUT2D eigenvalue weighted by molar-refractivity contribution is -0.174. The Morgan fingerprint density at radius 1 is 0.632 bits per heavy atom. The minimum absolute atomic E-state index is 0.0258. The van der Waals surface area contributed by atoms with E-state index < -0.39 is 36.1 Å². The zero-order chi connectivity index (χ0) is 54.2. The summed E-state index contributed by atoms with van der Waals surface area (Å²) < 4.78 is 37.8. The van der Waals surface area contributed by atoms with Crippen molar-refractivity contribution in [2.75, 3.05) is 6.61 Å². The highest BCUT2D eigenvalue weighted by atomic mass is 16.7. The summed E-state index contributed by atoms with van der Waals surface area (Å²) in [5, 5.41) is 0. The Balaban J connectivity index is 1.14. The number of fused-ring (bicyclic) bond motifs is 1. The van der Waals surface area contributed by atoms with Gasteiger partial charge in [-0.25, -0.2) is 14.4 Å². The quantitative estimate of drug-likeness (QED) is 0.0470. The Morgan fingerprint density at radius 2 is 1.24 bits per heavy atom. The lowest BCUT2D eigenvalue weighted by Gasteiger charge is -2.44. The van der Waals surface area contributed by atoms with Crippen molar-refractivity contribution in [1.82, 2.24) is 0 Å². The maximum atomic E-state index is 14.7. The fraction of sp³-hybridized carbons (Fsp3) is 0.400. The minimum atomic E-state index is -0.830. The summed E-state index contributed by atoms with van der Waals surface area (Å²) in [5.41, 5.74) is 9.19. The van der Waals surface area contributed by atoms with Gasteiger partial charge in [0, 0.05) is 54.4 Å². The Labute approximate surface area is 448 Å². The van der Waals surface area contributed by atoms with Crippen molar-refractivity contribution in [3.8, 4) is 23.0 Å². The molecule has 1 aliphatic heterocycles. The van der Waals surface area contributed by atoms with Gasteiger partial charge < -0.3 is 28.4 Å². The first-order valence-corrected chi connectivity index (χ1v) is 26.9. The van der Waals surface area contributed by atoms with Crippen LogP contribution in [0.5, 0.6) is 23.0 Å². The molecule has 5 aromatic rings. The number of rotatable bonds is 18. The number of allylic oxidation sites excluding steroid dienone is 4. The number of esters is 5. The van der Waals surface area contributed by atoms with E-state index in [-0.39, 0.29) is 60.0 Å². The third kappa shape index (κ3) is 12.7. The summed E-state index contributed by atoms with van der Waals surface area (Å²) >= 11 is 0. The highest BCUT2D eigenvalue weighted by Crippen LogP contribution is 2.57. The van der Waals surface area contributed by atoms with Crippen LogP contribution in [0.25, 0.3) is 0 Å². The average Bonchev–Trinajstić information content (AvgIpc) is 3.38. The molecule has 0 aromatic heterocycles. The standard InChI is InChI=1S/C65H72O11/c1-38(2)20-18-27-48(50-32-30-40(5)56-54(50)34-42(7)59(74-62(68)45-22-12-10-13-23-45)61(56)75-63(69)46-24-14-11-15-25-46)37-71-64(70)51-28-17-16-26-47(51)35-49-36-55(72-43(8)66)57-41(6)31-33-52-53(29-19-21-39(3)4)65(73-44(9)67)76-60(49)58(52)57/h10-17,20-26,28,34,36,40-41,48,50,52-53,65H,18-19,27,29-33,35,37H2,1-9H3/t40-,41-,48?,50?,52+,53+,65?/m1/s1. The van der Waals surface area contributed by atoms with Crippen molar-refractivity contribution >= 4 is 29.8 Å². The van der Waals surface area contributed by atoms with E-state index >= 15 is 0 Å². The molecule has 2 aliphatic carbocycles. The molecule has 0 fully saturated rings. The van der Waals surface area contributed by atoms with E-state index in [9.17, 15) is 24.0 Å². The number of ether oxygens (including phenoxy) is 6. The van der Waals surface area contributed by atoms with Crippen LogP contribution in [0.2, 0.25) is 0 Å². The van der Waals surface area contributed by atoms with E-state index in [2.05, 4.69) is 53.7 Å². The third-order valence-corrected chi connectivity index (χ3v) is 15.3. The molecule has 8 rings (SSSR count). The van der Waals surface area contributed by atoms with E-state index in [1.54, 1.807) is 54.6 Å². The summed E-state index contributed by atoms with van der Waals surface area (Å²) in [7, 11) is 0. The number of carbonyl (C=O) groups excluding carboxylic acids is 5. The monoisotopic (exact) mass is 1030 g/mol. The van der Waals surface area contributed by atoms with Gasteiger partial charge in [0.25, 0.3) is 0 Å². The van der Waals surface area contributed by atoms with Crippen LogP contribution in [0.1, 0.15) is 200 Å². The smallest absolute Gasteiger partial charge is 0.343 e. The lowest BCUT2D eigenvalue weighted by atomic mass is 9.68. The van der Waals surface area contributed by atoms with Gasteiger partial charge >= 0.3 is 29.8 Å². The molecular weight excluding hydrogens is 957 g/mol. The number of benzene rings is 5. The van der Waals surface area contributed by atoms with Gasteiger partial charge in [-0.3, -0.25) is 9.59 Å². The zero-order valence-corrected chi connectivity index (χ0v) is 45.5. The molecule has 0 spiro atoms. The molecule has 1 heterocycles. The van der Waals surface area contributed by atoms with Crippen LogP contribution in [0, 0.1) is 18.8 Å². The van der Waals surface area contributed by atoms with Crippen LogP contribution in [0.4, 0.5) is 0 Å². The first-order chi connectivity index (χ1) is 36.5. The summed E-state index contributed by atoms with van der Waals surface area (Å²) in [5.74, 6) is -1.42. The summed E-state index contributed by atoms with van der Waals surface area (Å²) in [6.07, 6.45) is 9.99. The molecule has 0 N–H and O–H groups in total. The van der Waals surface area contributed by atoms with E-state index in [0.29, 0.717) is 51.3 Å². The van der Waals surface area contributed by atoms with Crippen LogP contribution in [-0.2, 0) is 25.5 Å². The molecule has 0 saturated heterocycles. The summed E-state index contributed by atoms with van der Waals surface area (Å²) in [6, 6.07) is 28.8. The first-order valence-electron chi connectivity index (χ1n) is 26.9. The fourth-order valence-corrected chi connectivity index (χ4v) is 11.7. The second-order valence-corrected chi connectivity index (χ2v) is 21.5. The van der Waals surface area contributed by atoms with Crippen LogP contribution >= 0.6 is 0 Å². The van der Waals surface area contributed by atoms with Crippen molar-refractivity contribution in [2.45, 2.75) is 150 Å². The maximum Gasteiger partial charge on any atom is 0.343 e. The van der Waals surface area contributed by atoms with Crippen LogP contribution < -0.4 is 18.9 Å². The SMILES string of the molecule is CC(=O)Oc1cc(Cc2ccccc2C(=O)OCC(CCC=C(C)C)C2CC[C@@H](C)c3c2cc(C)c(OC(=O)c2ccccc2)c3OC(=O)c2ccccc2)c2c3c1[C@H](C)CC[C@H]3[C@H](CCC=C(C)C)C(OC(C)=O)O2. The van der Waals surface area contributed by atoms with E-state index in [1.165, 1.54) is 25.0 Å². The minimum Gasteiger partial charge on any atom is -0.462 e. The number of aryl methyl sites for hydroxylation is 1. The normalized spacial score (nSPS) is 19.5. The molecule has 398 valence electrons. The second-order valence-electron chi connectivity index (χ2n) is 21.5. The van der Waals surface area contributed by atoms with Gasteiger partial charge in [0.2, 0.25) is 6.29 Å². The predicted octanol–water partition coefficient (Wildman–Crippen LogP) is 14.8. The molecule has 3 aliphatic rings. The molecule has 5 aromatic carbocycles. The van der Waals surface area contributed by atoms with Crippen LogP contribution in [-0.4, -0.2) is 42.7 Å². The molecule has 0 bridgehead atoms. The molecule has 7 atom stereocenters. The van der Waals surface area contributed by atoms with Crippen molar-refractivity contribution in [1.29, 1.82) is 0 Å². The maximum absolute atomic E-state index is 14.7. The van der Waals surface area contributed by atoms with Gasteiger partial charge in [-0.05, 0) is 163 Å². The van der Waals surface area contributed by atoms with Gasteiger partial charge in [0.15, 0.2) is 11.5 Å². The molecule has 0 amide bonds. The summed E-state index contributed by atoms with van der Waals surface area (Å²) in [4.78, 5) is 67.8. The Bertz CT molecular complexity index is 3020. The Hall–Kier alpha value is -7.27. The molecule has 11 nitrogen and oxygen atoms in total. The van der Waals surface area contributed by atoms with Crippen molar-refractivity contribution in [3.05, 3.63) is 176 Å². The van der Waals surface area contributed by atoms with Gasteiger partial charge in [-0.1, -0.05) is 97.8 Å². The van der Waals surface area contributed by atoms with Crippen molar-refractivity contribution < 1.29 is 52.4 Å². The topological polar surface area (TPSA) is 141 Å². The Kier molecular flexibility index (Phi) is 17.8. The molecular formula is C65H72O11. The van der Waals surface area contributed by atoms with Gasteiger partial charge in [-0.2, -0.15) is 0 Å². The van der Waals surface area contributed by atoms with Gasteiger partial charge in [0.1, 0.15) is 11.5 Å². The highest BCUT2D eigenvalue weighted by Gasteiger charge is 2.46. The van der Waals surface area contributed by atoms with E-state index in [1.807, 2.05) is 49.4 Å². The van der Waals surface area contributed by atoms with Gasteiger partial charge in [0.05, 0.1) is 23.3 Å². The molecule has 76 heavy (non-hydrogen) atoms. The van der Waals surface area contributed by atoms with E-state index in [0.717, 1.165) is 67.2 Å². The highest BCUT2D eigenvalue weighted by molar-refractivity contribution is 5.94. The number of hydrogen-bond acceptors (Lipinski definition) is 11. The van der Waals surface area contributed by atoms with E-state index in [4.69, 9.17) is 28.4 Å². The molecule has 3 unspecified atom stereocenters. The first kappa shape index (κ1) is 55.0. The number of hydrogen-bond donors (Lipinski definition) is 0. The van der Waals surface area contributed by atoms with Crippen molar-refractivity contribution in [3.63, 3.8) is 0 Å². The van der Waals surface area contributed by atoms with Crippen molar-refractivity contribution in [2.24, 2.45) is 11.8 Å². The predicted molar refractivity (Wildman–Crippen MR) is 293 cm³/mol.